The van der Waals surface area contributed by atoms with Crippen LogP contribution in [0.5, 0.6) is 0 Å². The molecule has 0 nitrogen and oxygen atoms in total. The van der Waals surface area contributed by atoms with Gasteiger partial charge in [0.2, 0.25) is 0 Å². The minimum atomic E-state index is 0. The maximum absolute atomic E-state index is 3.69. The van der Waals surface area contributed by atoms with Crippen LogP contribution < -0.4 is 0 Å². The second-order valence-electron chi connectivity index (χ2n) is 2.04. The Bertz CT molecular complexity index is 231. The van der Waals surface area contributed by atoms with Crippen molar-refractivity contribution in [2.75, 3.05) is 0 Å². The summed E-state index contributed by atoms with van der Waals surface area (Å²) < 4.78 is 0. The highest BCUT2D eigenvalue weighted by Gasteiger charge is 1.89. The van der Waals surface area contributed by atoms with Crippen molar-refractivity contribution in [1.82, 2.24) is 0 Å². The molecule has 1 aromatic rings. The number of hydrogen-bond acceptors (Lipinski definition) is 0. The third-order valence-corrected chi connectivity index (χ3v) is 1.44. The van der Waals surface area contributed by atoms with Crippen LogP contribution in [0.3, 0.4) is 0 Å². The normalized spacial score (nSPS) is 6.29. The van der Waals surface area contributed by atoms with E-state index < -0.39 is 0 Å². The molecular formula is C10H14Cl4. The smallest absolute Gasteiger partial charge is 0.0190 e. The first-order valence-electron chi connectivity index (χ1n) is 3.22. The van der Waals surface area contributed by atoms with E-state index in [1.165, 1.54) is 0 Å². The first-order valence-corrected chi connectivity index (χ1v) is 3.22. The topological polar surface area (TPSA) is 0 Å². The maximum atomic E-state index is 3.69. The summed E-state index contributed by atoms with van der Waals surface area (Å²) in [4.78, 5) is 0. The highest BCUT2D eigenvalue weighted by Crippen LogP contribution is 2.10. The summed E-state index contributed by atoms with van der Waals surface area (Å²) in [6, 6.07) is 8.02. The molecule has 1 rings (SSSR count). The van der Waals surface area contributed by atoms with Crippen LogP contribution in [0.25, 0.3) is 12.2 Å². The molecule has 0 fully saturated rings. The molecule has 0 saturated carbocycles. The second kappa shape index (κ2) is 12.9. The predicted molar refractivity (Wildman–Crippen MR) is 75.6 cm³/mol. The van der Waals surface area contributed by atoms with Gasteiger partial charge in [0.15, 0.2) is 0 Å². The number of halogens is 4. The van der Waals surface area contributed by atoms with Gasteiger partial charge in [0.05, 0.1) is 0 Å². The quantitative estimate of drug-likeness (QED) is 0.736. The van der Waals surface area contributed by atoms with E-state index in [0.29, 0.717) is 0 Å². The second-order valence-corrected chi connectivity index (χ2v) is 2.04. The van der Waals surface area contributed by atoms with Crippen LogP contribution in [0.1, 0.15) is 11.1 Å². The molecule has 0 aromatic heterocycles. The highest BCUT2D eigenvalue weighted by atomic mass is 35.5. The van der Waals surface area contributed by atoms with E-state index in [1.807, 2.05) is 36.4 Å². The van der Waals surface area contributed by atoms with Gasteiger partial charge in [-0.2, -0.15) is 0 Å². The zero-order chi connectivity index (χ0) is 7.40. The fourth-order valence-corrected chi connectivity index (χ4v) is 0.883. The first-order chi connectivity index (χ1) is 4.88. The van der Waals surface area contributed by atoms with Gasteiger partial charge in [-0.1, -0.05) is 49.6 Å². The molecule has 0 heterocycles. The molecular weight excluding hydrogens is 262 g/mol. The lowest BCUT2D eigenvalue weighted by atomic mass is 10.1. The Morgan fingerprint density at radius 1 is 0.714 bits per heavy atom. The first kappa shape index (κ1) is 23.6. The molecule has 0 aliphatic rings. The molecule has 0 unspecified atom stereocenters. The van der Waals surface area contributed by atoms with Gasteiger partial charge in [-0.15, -0.1) is 49.6 Å². The molecule has 0 aliphatic carbocycles. The van der Waals surface area contributed by atoms with Crippen molar-refractivity contribution in [2.24, 2.45) is 0 Å². The highest BCUT2D eigenvalue weighted by molar-refractivity contribution is 5.86. The summed E-state index contributed by atoms with van der Waals surface area (Å²) in [6.45, 7) is 7.38. The van der Waals surface area contributed by atoms with Crippen molar-refractivity contribution in [2.45, 2.75) is 0 Å². The maximum Gasteiger partial charge on any atom is -0.0190 e. The van der Waals surface area contributed by atoms with Gasteiger partial charge >= 0.3 is 0 Å². The lowest BCUT2D eigenvalue weighted by molar-refractivity contribution is 1.62. The summed E-state index contributed by atoms with van der Waals surface area (Å²) in [7, 11) is 0. The average Bonchev–Trinajstić information content (AvgIpc) is 2.04. The van der Waals surface area contributed by atoms with Crippen molar-refractivity contribution >= 4 is 61.8 Å². The van der Waals surface area contributed by atoms with E-state index >= 15 is 0 Å². The van der Waals surface area contributed by atoms with Crippen molar-refractivity contribution in [1.29, 1.82) is 0 Å². The Morgan fingerprint density at radius 2 is 1.00 bits per heavy atom. The molecule has 0 spiro atoms. The fraction of sp³-hybridized carbons (Fsp3) is 0. The average molecular weight is 276 g/mol. The Balaban J connectivity index is -0.000000125. The van der Waals surface area contributed by atoms with Crippen molar-refractivity contribution in [3.63, 3.8) is 0 Å². The van der Waals surface area contributed by atoms with Crippen molar-refractivity contribution in [3.05, 3.63) is 48.6 Å². The van der Waals surface area contributed by atoms with Crippen LogP contribution in [0.15, 0.2) is 37.4 Å². The molecule has 14 heavy (non-hydrogen) atoms. The third kappa shape index (κ3) is 6.33. The summed E-state index contributed by atoms with van der Waals surface area (Å²) >= 11 is 0. The van der Waals surface area contributed by atoms with Crippen LogP contribution in [-0.2, 0) is 0 Å². The number of rotatable bonds is 2. The minimum absolute atomic E-state index is 0. The zero-order valence-electron chi connectivity index (χ0n) is 7.51. The standard InChI is InChI=1S/C10H10.4ClH/c1-3-9-7-5-6-8-10(9)4-2;;;;/h3-8H,1-2H2;4*1H. The van der Waals surface area contributed by atoms with Gasteiger partial charge in [0.25, 0.3) is 0 Å². The van der Waals surface area contributed by atoms with Crippen molar-refractivity contribution in [3.8, 4) is 0 Å². The van der Waals surface area contributed by atoms with Crippen LogP contribution in [0, 0.1) is 0 Å². The van der Waals surface area contributed by atoms with Crippen LogP contribution in [0.2, 0.25) is 0 Å². The molecule has 0 bridgehead atoms. The van der Waals surface area contributed by atoms with Gasteiger partial charge in [0.1, 0.15) is 0 Å². The summed E-state index contributed by atoms with van der Waals surface area (Å²) in [5.41, 5.74) is 2.27. The number of benzene rings is 1. The van der Waals surface area contributed by atoms with Gasteiger partial charge in [-0.3, -0.25) is 0 Å². The Labute approximate surface area is 110 Å². The molecule has 0 atom stereocenters. The molecule has 0 amide bonds. The molecule has 0 saturated heterocycles. The summed E-state index contributed by atoms with van der Waals surface area (Å²) in [5.74, 6) is 0. The largest absolute Gasteiger partial charge is 0.147 e. The lowest BCUT2D eigenvalue weighted by Crippen LogP contribution is -1.76. The fourth-order valence-electron chi connectivity index (χ4n) is 0.883. The number of hydrogen-bond donors (Lipinski definition) is 0. The van der Waals surface area contributed by atoms with Crippen molar-refractivity contribution < 1.29 is 0 Å². The third-order valence-electron chi connectivity index (χ3n) is 1.44. The van der Waals surface area contributed by atoms with Gasteiger partial charge in [-0.05, 0) is 11.1 Å². The molecule has 1 aromatic carbocycles. The van der Waals surface area contributed by atoms with E-state index in [4.69, 9.17) is 0 Å². The molecule has 0 N–H and O–H groups in total. The Kier molecular flexibility index (Phi) is 21.7. The predicted octanol–water partition coefficient (Wildman–Crippen LogP) is 4.66. The Morgan fingerprint density at radius 3 is 1.21 bits per heavy atom. The monoisotopic (exact) mass is 274 g/mol. The van der Waals surface area contributed by atoms with E-state index in [2.05, 4.69) is 13.2 Å². The van der Waals surface area contributed by atoms with Gasteiger partial charge in [-0.25, -0.2) is 0 Å². The van der Waals surface area contributed by atoms with Crippen LogP contribution >= 0.6 is 49.6 Å². The van der Waals surface area contributed by atoms with E-state index in [0.717, 1.165) is 11.1 Å². The lowest BCUT2D eigenvalue weighted by Gasteiger charge is -1.96. The molecule has 82 valence electrons. The zero-order valence-corrected chi connectivity index (χ0v) is 10.8. The minimum Gasteiger partial charge on any atom is -0.147 e. The summed E-state index contributed by atoms with van der Waals surface area (Å²) in [5, 5.41) is 0. The molecule has 0 aliphatic heterocycles. The van der Waals surface area contributed by atoms with Gasteiger partial charge < -0.3 is 0 Å². The molecule has 4 heteroatoms. The van der Waals surface area contributed by atoms with E-state index in [1.54, 1.807) is 0 Å². The van der Waals surface area contributed by atoms with E-state index in [9.17, 15) is 0 Å². The van der Waals surface area contributed by atoms with E-state index in [-0.39, 0.29) is 49.6 Å². The molecule has 0 radical (unpaired) electrons. The van der Waals surface area contributed by atoms with Crippen LogP contribution in [0.4, 0.5) is 0 Å². The Hall–Kier alpha value is -0.140. The summed E-state index contributed by atoms with van der Waals surface area (Å²) in [6.07, 6.45) is 3.66. The van der Waals surface area contributed by atoms with Crippen LogP contribution in [-0.4, -0.2) is 0 Å². The SMILES string of the molecule is C=Cc1ccccc1C=C.Cl.Cl.Cl.Cl. The van der Waals surface area contributed by atoms with Gasteiger partial charge in [0, 0.05) is 0 Å².